The topological polar surface area (TPSA) is 66.6 Å². The molecule has 0 aliphatic carbocycles. The highest BCUT2D eigenvalue weighted by Gasteiger charge is 2.38. The quantitative estimate of drug-likeness (QED) is 0.889. The lowest BCUT2D eigenvalue weighted by molar-refractivity contribution is 0.263. The molecule has 1 aliphatic rings. The molecule has 0 amide bonds. The Labute approximate surface area is 121 Å². The molecule has 2 unspecified atom stereocenters. The van der Waals surface area contributed by atoms with Crippen molar-refractivity contribution in [2.45, 2.75) is 24.4 Å². The van der Waals surface area contributed by atoms with Crippen LogP contribution in [-0.4, -0.2) is 50.8 Å². The molecule has 5 nitrogen and oxygen atoms in total. The number of benzene rings is 1. The van der Waals surface area contributed by atoms with E-state index < -0.39 is 10.0 Å². The normalized spacial score (nSPS) is 24.4. The zero-order valence-electron chi connectivity index (χ0n) is 12.3. The van der Waals surface area contributed by atoms with Gasteiger partial charge in [-0.25, -0.2) is 8.42 Å². The Kier molecular flexibility index (Phi) is 4.49. The predicted molar refractivity (Wildman–Crippen MR) is 79.7 cm³/mol. The molecule has 1 saturated heterocycles. The van der Waals surface area contributed by atoms with Crippen molar-refractivity contribution in [3.63, 3.8) is 0 Å². The van der Waals surface area contributed by atoms with Gasteiger partial charge in [0.2, 0.25) is 10.0 Å². The molecule has 1 aromatic rings. The minimum Gasteiger partial charge on any atom is -0.326 e. The van der Waals surface area contributed by atoms with Gasteiger partial charge >= 0.3 is 0 Å². The van der Waals surface area contributed by atoms with Gasteiger partial charge in [0, 0.05) is 25.7 Å². The highest BCUT2D eigenvalue weighted by molar-refractivity contribution is 7.89. The summed E-state index contributed by atoms with van der Waals surface area (Å²) in [7, 11) is 0.528. The molecule has 20 heavy (non-hydrogen) atoms. The molecule has 1 heterocycles. The summed E-state index contributed by atoms with van der Waals surface area (Å²) in [5.74, 6) is 0.324. The van der Waals surface area contributed by atoms with Crippen LogP contribution in [0, 0.1) is 5.92 Å². The molecule has 2 N–H and O–H groups in total. The van der Waals surface area contributed by atoms with Crippen molar-refractivity contribution in [3.05, 3.63) is 29.8 Å². The second-order valence-electron chi connectivity index (χ2n) is 5.64. The molecule has 2 atom stereocenters. The third-order valence-corrected chi connectivity index (χ3v) is 5.94. The SMILES string of the molecule is CC1CN(S(=O)(=O)c2ccccc2CN)CC1N(C)C. The Bertz CT molecular complexity index is 572. The average molecular weight is 297 g/mol. The van der Waals surface area contributed by atoms with Crippen LogP contribution in [0.25, 0.3) is 0 Å². The summed E-state index contributed by atoms with van der Waals surface area (Å²) in [6, 6.07) is 7.24. The van der Waals surface area contributed by atoms with Gasteiger partial charge in [-0.2, -0.15) is 4.31 Å². The molecule has 1 fully saturated rings. The van der Waals surface area contributed by atoms with Gasteiger partial charge in [0.1, 0.15) is 0 Å². The summed E-state index contributed by atoms with van der Waals surface area (Å²) in [6.07, 6.45) is 0. The first-order valence-corrected chi connectivity index (χ1v) is 8.26. The Morgan fingerprint density at radius 1 is 1.30 bits per heavy atom. The second-order valence-corrected chi connectivity index (χ2v) is 7.55. The molecule has 6 heteroatoms. The number of nitrogens with two attached hydrogens (primary N) is 1. The first-order valence-electron chi connectivity index (χ1n) is 6.82. The molecular formula is C14H23N3O2S. The summed E-state index contributed by atoms with van der Waals surface area (Å²) in [4.78, 5) is 2.43. The van der Waals surface area contributed by atoms with Gasteiger partial charge in [-0.3, -0.25) is 0 Å². The Hall–Kier alpha value is -0.950. The maximum absolute atomic E-state index is 12.8. The maximum Gasteiger partial charge on any atom is 0.243 e. The van der Waals surface area contributed by atoms with E-state index in [9.17, 15) is 8.42 Å². The second kappa shape index (κ2) is 5.81. The molecule has 0 radical (unpaired) electrons. The van der Waals surface area contributed by atoms with Crippen LogP contribution in [0.15, 0.2) is 29.2 Å². The highest BCUT2D eigenvalue weighted by atomic mass is 32.2. The van der Waals surface area contributed by atoms with Gasteiger partial charge in [0.05, 0.1) is 4.90 Å². The molecule has 0 saturated carbocycles. The van der Waals surface area contributed by atoms with E-state index in [0.29, 0.717) is 29.5 Å². The smallest absolute Gasteiger partial charge is 0.243 e. The molecule has 0 aromatic heterocycles. The van der Waals surface area contributed by atoms with Gasteiger partial charge in [0.25, 0.3) is 0 Å². The fourth-order valence-electron chi connectivity index (χ4n) is 2.84. The van der Waals surface area contributed by atoms with E-state index in [2.05, 4.69) is 11.8 Å². The van der Waals surface area contributed by atoms with Crippen molar-refractivity contribution in [3.8, 4) is 0 Å². The molecular weight excluding hydrogens is 274 g/mol. The fraction of sp³-hybridized carbons (Fsp3) is 0.571. The molecule has 0 bridgehead atoms. The van der Waals surface area contributed by atoms with E-state index in [0.717, 1.165) is 0 Å². The van der Waals surface area contributed by atoms with Crippen LogP contribution in [0.1, 0.15) is 12.5 Å². The molecule has 1 aromatic carbocycles. The van der Waals surface area contributed by atoms with Crippen molar-refractivity contribution in [1.29, 1.82) is 0 Å². The van der Waals surface area contributed by atoms with E-state index in [4.69, 9.17) is 5.73 Å². The van der Waals surface area contributed by atoms with Gasteiger partial charge < -0.3 is 10.6 Å². The Balaban J connectivity index is 2.33. The summed E-state index contributed by atoms with van der Waals surface area (Å²) < 4.78 is 27.1. The Morgan fingerprint density at radius 2 is 1.95 bits per heavy atom. The van der Waals surface area contributed by atoms with Crippen molar-refractivity contribution in [2.75, 3.05) is 27.2 Å². The zero-order valence-corrected chi connectivity index (χ0v) is 13.1. The van der Waals surface area contributed by atoms with Gasteiger partial charge in [-0.1, -0.05) is 25.1 Å². The first-order chi connectivity index (χ1) is 9.37. The van der Waals surface area contributed by atoms with E-state index in [-0.39, 0.29) is 12.6 Å². The zero-order chi connectivity index (χ0) is 14.9. The summed E-state index contributed by atoms with van der Waals surface area (Å²) >= 11 is 0. The lowest BCUT2D eigenvalue weighted by Gasteiger charge is -2.22. The number of hydrogen-bond donors (Lipinski definition) is 1. The molecule has 112 valence electrons. The van der Waals surface area contributed by atoms with Crippen LogP contribution in [0.2, 0.25) is 0 Å². The van der Waals surface area contributed by atoms with Crippen molar-refractivity contribution in [2.24, 2.45) is 11.7 Å². The number of sulfonamides is 1. The third-order valence-electron chi connectivity index (χ3n) is 4.01. The first kappa shape index (κ1) is 15.4. The maximum atomic E-state index is 12.8. The van der Waals surface area contributed by atoms with Gasteiger partial charge in [-0.15, -0.1) is 0 Å². The highest BCUT2D eigenvalue weighted by Crippen LogP contribution is 2.27. The van der Waals surface area contributed by atoms with Crippen LogP contribution < -0.4 is 5.73 Å². The van der Waals surface area contributed by atoms with E-state index in [1.165, 1.54) is 0 Å². The van der Waals surface area contributed by atoms with Crippen LogP contribution in [0.5, 0.6) is 0 Å². The number of likely N-dealkylation sites (N-methyl/N-ethyl adjacent to an activating group) is 1. The molecule has 2 rings (SSSR count). The minimum absolute atomic E-state index is 0.232. The lowest BCUT2D eigenvalue weighted by Crippen LogP contribution is -2.36. The number of rotatable bonds is 4. The Morgan fingerprint density at radius 3 is 2.50 bits per heavy atom. The van der Waals surface area contributed by atoms with Crippen LogP contribution in [0.3, 0.4) is 0 Å². The van der Waals surface area contributed by atoms with Crippen LogP contribution in [-0.2, 0) is 16.6 Å². The van der Waals surface area contributed by atoms with E-state index in [1.54, 1.807) is 22.5 Å². The standard InChI is InChI=1S/C14H23N3O2S/c1-11-9-17(10-13(11)16(2)3)20(18,19)14-7-5-4-6-12(14)8-15/h4-7,11,13H,8-10,15H2,1-3H3. The van der Waals surface area contributed by atoms with Gasteiger partial charge in [-0.05, 0) is 31.6 Å². The minimum atomic E-state index is -3.45. The summed E-state index contributed by atoms with van der Waals surface area (Å²) in [5.41, 5.74) is 6.33. The molecule has 0 spiro atoms. The largest absolute Gasteiger partial charge is 0.326 e. The van der Waals surface area contributed by atoms with Crippen molar-refractivity contribution >= 4 is 10.0 Å². The average Bonchev–Trinajstić information content (AvgIpc) is 2.81. The number of hydrogen-bond acceptors (Lipinski definition) is 4. The van der Waals surface area contributed by atoms with Crippen molar-refractivity contribution in [1.82, 2.24) is 9.21 Å². The fourth-order valence-corrected chi connectivity index (χ4v) is 4.63. The summed E-state index contributed by atoms with van der Waals surface area (Å²) in [5, 5.41) is 0. The van der Waals surface area contributed by atoms with Crippen LogP contribution in [0.4, 0.5) is 0 Å². The van der Waals surface area contributed by atoms with Crippen LogP contribution >= 0.6 is 0 Å². The number of nitrogens with zero attached hydrogens (tertiary/aromatic N) is 2. The van der Waals surface area contributed by atoms with Crippen molar-refractivity contribution < 1.29 is 8.42 Å². The van der Waals surface area contributed by atoms with Gasteiger partial charge in [0.15, 0.2) is 0 Å². The van der Waals surface area contributed by atoms with E-state index >= 15 is 0 Å². The lowest BCUT2D eigenvalue weighted by atomic mass is 10.1. The van der Waals surface area contributed by atoms with E-state index in [1.807, 2.05) is 20.2 Å². The predicted octanol–water partition coefficient (Wildman–Crippen LogP) is 0.716. The molecule has 1 aliphatic heterocycles. The third kappa shape index (κ3) is 2.74. The summed E-state index contributed by atoms with van der Waals surface area (Å²) in [6.45, 7) is 3.42. The monoisotopic (exact) mass is 297 g/mol.